The molecule has 6 nitrogen and oxygen atoms in total. The van der Waals surface area contributed by atoms with Gasteiger partial charge in [0.1, 0.15) is 6.54 Å². The van der Waals surface area contributed by atoms with E-state index >= 15 is 0 Å². The minimum Gasteiger partial charge on any atom is -0.322 e. The predicted molar refractivity (Wildman–Crippen MR) is 93.1 cm³/mol. The average Bonchev–Trinajstić information content (AvgIpc) is 3.06. The van der Waals surface area contributed by atoms with Crippen LogP contribution in [0.25, 0.3) is 0 Å². The third kappa shape index (κ3) is 4.02. The highest BCUT2D eigenvalue weighted by molar-refractivity contribution is 6.31. The molecular formula is C17H18ClN5O. The third-order valence-corrected chi connectivity index (χ3v) is 3.91. The molecule has 0 radical (unpaired) electrons. The Morgan fingerprint density at radius 2 is 2.08 bits per heavy atom. The van der Waals surface area contributed by atoms with Crippen LogP contribution in [0.1, 0.15) is 16.8 Å². The van der Waals surface area contributed by atoms with E-state index in [-0.39, 0.29) is 12.5 Å². The van der Waals surface area contributed by atoms with Crippen LogP contribution in [-0.4, -0.2) is 25.5 Å². The van der Waals surface area contributed by atoms with Crippen molar-refractivity contribution in [3.63, 3.8) is 0 Å². The Kier molecular flexibility index (Phi) is 4.66. The highest BCUT2D eigenvalue weighted by Gasteiger charge is 2.08. The Morgan fingerprint density at radius 1 is 1.25 bits per heavy atom. The molecule has 0 unspecified atom stereocenters. The Labute approximate surface area is 145 Å². The maximum Gasteiger partial charge on any atom is 0.246 e. The fourth-order valence-electron chi connectivity index (χ4n) is 2.43. The average molecular weight is 344 g/mol. The number of halogens is 1. The molecule has 24 heavy (non-hydrogen) atoms. The lowest BCUT2D eigenvalue weighted by atomic mass is 10.1. The van der Waals surface area contributed by atoms with E-state index in [1.807, 2.05) is 12.3 Å². The van der Waals surface area contributed by atoms with Crippen molar-refractivity contribution >= 4 is 23.2 Å². The zero-order valence-corrected chi connectivity index (χ0v) is 14.3. The summed E-state index contributed by atoms with van der Waals surface area (Å²) in [6, 6.07) is 8.25. The van der Waals surface area contributed by atoms with Crippen LogP contribution in [0, 0.1) is 13.8 Å². The minimum absolute atomic E-state index is 0.108. The van der Waals surface area contributed by atoms with Crippen molar-refractivity contribution in [2.75, 3.05) is 5.32 Å². The van der Waals surface area contributed by atoms with Gasteiger partial charge < -0.3 is 5.32 Å². The first kappa shape index (κ1) is 16.3. The van der Waals surface area contributed by atoms with Crippen LogP contribution in [0.3, 0.4) is 0 Å². The zero-order valence-electron chi connectivity index (χ0n) is 13.5. The topological polar surface area (TPSA) is 64.7 Å². The third-order valence-electron chi connectivity index (χ3n) is 3.54. The highest BCUT2D eigenvalue weighted by atomic mass is 35.5. The number of nitrogens with one attached hydrogen (secondary N) is 1. The number of hydrogen-bond acceptors (Lipinski definition) is 3. The standard InChI is InChI=1S/C17H18ClN5O/c1-12-4-3-5-14(6-12)8-22-9-15(7-19-22)20-17(24)11-23-10-16(18)13(2)21-23/h3-7,9-10H,8,11H2,1-2H3,(H,20,24). The van der Waals surface area contributed by atoms with E-state index in [9.17, 15) is 4.79 Å². The molecule has 0 atom stereocenters. The number of rotatable bonds is 5. The van der Waals surface area contributed by atoms with E-state index in [1.165, 1.54) is 10.2 Å². The van der Waals surface area contributed by atoms with Crippen LogP contribution in [0.2, 0.25) is 5.02 Å². The van der Waals surface area contributed by atoms with Gasteiger partial charge in [-0.15, -0.1) is 0 Å². The normalized spacial score (nSPS) is 10.8. The van der Waals surface area contributed by atoms with Crippen molar-refractivity contribution in [1.29, 1.82) is 0 Å². The largest absolute Gasteiger partial charge is 0.322 e. The lowest BCUT2D eigenvalue weighted by molar-refractivity contribution is -0.116. The molecule has 1 amide bonds. The number of amides is 1. The molecule has 2 heterocycles. The molecule has 0 saturated heterocycles. The molecule has 3 aromatic rings. The summed E-state index contributed by atoms with van der Waals surface area (Å²) in [6.07, 6.45) is 5.08. The van der Waals surface area contributed by atoms with Gasteiger partial charge in [-0.3, -0.25) is 14.2 Å². The van der Waals surface area contributed by atoms with Crippen molar-refractivity contribution in [3.05, 3.63) is 64.7 Å². The number of carbonyl (C=O) groups excluding carboxylic acids is 1. The van der Waals surface area contributed by atoms with Crippen molar-refractivity contribution < 1.29 is 4.79 Å². The van der Waals surface area contributed by atoms with E-state index in [1.54, 1.807) is 24.0 Å². The second-order valence-electron chi connectivity index (χ2n) is 5.72. The summed E-state index contributed by atoms with van der Waals surface area (Å²) in [5.41, 5.74) is 3.73. The summed E-state index contributed by atoms with van der Waals surface area (Å²) in [5, 5.41) is 11.8. The molecule has 0 bridgehead atoms. The summed E-state index contributed by atoms with van der Waals surface area (Å²) in [5.74, 6) is -0.177. The molecule has 0 spiro atoms. The molecule has 1 aromatic carbocycles. The molecule has 0 saturated carbocycles. The molecule has 0 aliphatic rings. The molecule has 3 rings (SSSR count). The first-order chi connectivity index (χ1) is 11.5. The minimum atomic E-state index is -0.177. The van der Waals surface area contributed by atoms with Gasteiger partial charge in [-0.1, -0.05) is 41.4 Å². The van der Waals surface area contributed by atoms with E-state index < -0.39 is 0 Å². The second kappa shape index (κ2) is 6.88. The van der Waals surface area contributed by atoms with Crippen molar-refractivity contribution in [2.45, 2.75) is 26.9 Å². The fourth-order valence-corrected chi connectivity index (χ4v) is 2.58. The Balaban J connectivity index is 1.60. The van der Waals surface area contributed by atoms with Crippen LogP contribution < -0.4 is 5.32 Å². The number of nitrogens with zero attached hydrogens (tertiary/aromatic N) is 4. The van der Waals surface area contributed by atoms with Crippen LogP contribution in [0.5, 0.6) is 0 Å². The van der Waals surface area contributed by atoms with Gasteiger partial charge in [0, 0.05) is 12.4 Å². The van der Waals surface area contributed by atoms with Crippen LogP contribution in [-0.2, 0) is 17.9 Å². The molecule has 2 aromatic heterocycles. The van der Waals surface area contributed by atoms with E-state index in [4.69, 9.17) is 11.6 Å². The molecule has 0 aliphatic heterocycles. The first-order valence-electron chi connectivity index (χ1n) is 7.57. The van der Waals surface area contributed by atoms with E-state index in [2.05, 4.69) is 40.6 Å². The van der Waals surface area contributed by atoms with Gasteiger partial charge in [-0.2, -0.15) is 10.2 Å². The summed E-state index contributed by atoms with van der Waals surface area (Å²) in [4.78, 5) is 12.1. The molecule has 124 valence electrons. The maximum absolute atomic E-state index is 12.1. The number of aryl methyl sites for hydroxylation is 2. The summed E-state index contributed by atoms with van der Waals surface area (Å²) < 4.78 is 3.31. The number of anilines is 1. The van der Waals surface area contributed by atoms with Gasteiger partial charge in [0.25, 0.3) is 0 Å². The van der Waals surface area contributed by atoms with E-state index in [0.29, 0.717) is 22.9 Å². The van der Waals surface area contributed by atoms with Gasteiger partial charge in [0.15, 0.2) is 0 Å². The van der Waals surface area contributed by atoms with Crippen LogP contribution in [0.4, 0.5) is 5.69 Å². The highest BCUT2D eigenvalue weighted by Crippen LogP contribution is 2.13. The maximum atomic E-state index is 12.1. The molecule has 7 heteroatoms. The lowest BCUT2D eigenvalue weighted by Gasteiger charge is -2.04. The van der Waals surface area contributed by atoms with Gasteiger partial charge in [0.2, 0.25) is 5.91 Å². The number of benzene rings is 1. The molecular weight excluding hydrogens is 326 g/mol. The summed E-state index contributed by atoms with van der Waals surface area (Å²) >= 11 is 5.94. The van der Waals surface area contributed by atoms with Crippen LogP contribution >= 0.6 is 11.6 Å². The summed E-state index contributed by atoms with van der Waals surface area (Å²) in [6.45, 7) is 4.62. The van der Waals surface area contributed by atoms with Crippen molar-refractivity contribution in [3.8, 4) is 0 Å². The van der Waals surface area contributed by atoms with Crippen molar-refractivity contribution in [2.24, 2.45) is 0 Å². The first-order valence-corrected chi connectivity index (χ1v) is 7.95. The summed E-state index contributed by atoms with van der Waals surface area (Å²) in [7, 11) is 0. The van der Waals surface area contributed by atoms with E-state index in [0.717, 1.165) is 5.56 Å². The quantitative estimate of drug-likeness (QED) is 0.774. The van der Waals surface area contributed by atoms with Crippen LogP contribution in [0.15, 0.2) is 42.9 Å². The lowest BCUT2D eigenvalue weighted by Crippen LogP contribution is -2.18. The van der Waals surface area contributed by atoms with Gasteiger partial charge >= 0.3 is 0 Å². The predicted octanol–water partition coefficient (Wildman–Crippen LogP) is 3.04. The Hall–Kier alpha value is -2.60. The smallest absolute Gasteiger partial charge is 0.246 e. The Bertz CT molecular complexity index is 848. The SMILES string of the molecule is Cc1cccc(Cn2cc(NC(=O)Cn3cc(Cl)c(C)n3)cn2)c1. The number of carbonyl (C=O) groups is 1. The van der Waals surface area contributed by atoms with Gasteiger partial charge in [-0.05, 0) is 19.4 Å². The molecule has 1 N–H and O–H groups in total. The van der Waals surface area contributed by atoms with Gasteiger partial charge in [0.05, 0.1) is 29.1 Å². The number of hydrogen-bond donors (Lipinski definition) is 1. The zero-order chi connectivity index (χ0) is 17.1. The van der Waals surface area contributed by atoms with Gasteiger partial charge in [-0.25, -0.2) is 0 Å². The molecule has 0 fully saturated rings. The monoisotopic (exact) mass is 343 g/mol. The molecule has 0 aliphatic carbocycles. The second-order valence-corrected chi connectivity index (χ2v) is 6.13. The number of aromatic nitrogens is 4. The Morgan fingerprint density at radius 3 is 2.79 bits per heavy atom. The fraction of sp³-hybridized carbons (Fsp3) is 0.235. The van der Waals surface area contributed by atoms with Crippen molar-refractivity contribution in [1.82, 2.24) is 19.6 Å².